The number of aromatic nitrogens is 2. The Labute approximate surface area is 165 Å². The predicted octanol–water partition coefficient (Wildman–Crippen LogP) is 2.22. The van der Waals surface area contributed by atoms with Crippen molar-refractivity contribution >= 4 is 27.4 Å². The van der Waals surface area contributed by atoms with Crippen LogP contribution in [0.1, 0.15) is 69.3 Å². The fraction of sp³-hybridized carbons (Fsp3) is 0.737. The minimum Gasteiger partial charge on any atom is -0.348 e. The minimum absolute atomic E-state index is 0.0364. The summed E-state index contributed by atoms with van der Waals surface area (Å²) in [6.45, 7) is 4.01. The van der Waals surface area contributed by atoms with Crippen LogP contribution in [0.2, 0.25) is 0 Å². The molecule has 0 spiro atoms. The van der Waals surface area contributed by atoms with Crippen molar-refractivity contribution in [2.24, 2.45) is 16.7 Å². The number of anilines is 1. The Morgan fingerprint density at radius 2 is 2.00 bits per heavy atom. The van der Waals surface area contributed by atoms with E-state index in [9.17, 15) is 18.0 Å². The number of sulfonamides is 1. The highest BCUT2D eigenvalue weighted by atomic mass is 32.2. The topological polar surface area (TPSA) is 121 Å². The maximum atomic E-state index is 13.0. The molecule has 3 fully saturated rings. The monoisotopic (exact) mass is 408 g/mol. The molecule has 3 N–H and O–H groups in total. The molecule has 2 bridgehead atoms. The van der Waals surface area contributed by atoms with E-state index in [1.807, 2.05) is 13.8 Å². The number of hydrogen-bond acceptors (Lipinski definition) is 5. The Kier molecular flexibility index (Phi) is 4.56. The van der Waals surface area contributed by atoms with Crippen LogP contribution in [0, 0.1) is 16.7 Å². The number of amides is 1. The number of nitrogens with zero attached hydrogens (tertiary/aromatic N) is 1. The number of H-pyrrole nitrogens is 1. The maximum Gasteiger partial charge on any atom is 0.274 e. The number of nitrogens with one attached hydrogen (secondary N) is 3. The van der Waals surface area contributed by atoms with Crippen LogP contribution in [-0.2, 0) is 14.8 Å². The van der Waals surface area contributed by atoms with Crippen LogP contribution in [0.4, 0.5) is 5.69 Å². The summed E-state index contributed by atoms with van der Waals surface area (Å²) in [5.74, 6) is -0.346. The van der Waals surface area contributed by atoms with E-state index in [2.05, 4.69) is 20.2 Å². The number of ketones is 1. The van der Waals surface area contributed by atoms with Crippen molar-refractivity contribution in [2.75, 3.05) is 10.5 Å². The lowest BCUT2D eigenvalue weighted by atomic mass is 9.70. The van der Waals surface area contributed by atoms with Crippen LogP contribution in [0.15, 0.2) is 6.20 Å². The van der Waals surface area contributed by atoms with E-state index in [-0.39, 0.29) is 46.2 Å². The maximum absolute atomic E-state index is 13.0. The molecular weight excluding hydrogens is 380 g/mol. The average molecular weight is 409 g/mol. The van der Waals surface area contributed by atoms with Crippen LogP contribution in [0.3, 0.4) is 0 Å². The Hall–Kier alpha value is -1.90. The SMILES string of the molecule is CC1(C)C2CC[C@]1(CS(=O)(=O)Nc1c[nH]nc1C(=O)NC1CCCC1)C(=O)C2. The minimum atomic E-state index is -3.83. The molecule has 1 unspecified atom stereocenters. The van der Waals surface area contributed by atoms with Crippen molar-refractivity contribution in [3.05, 3.63) is 11.9 Å². The van der Waals surface area contributed by atoms with Crippen molar-refractivity contribution < 1.29 is 18.0 Å². The van der Waals surface area contributed by atoms with Gasteiger partial charge < -0.3 is 5.32 Å². The Morgan fingerprint density at radius 3 is 2.61 bits per heavy atom. The Morgan fingerprint density at radius 1 is 1.29 bits per heavy atom. The number of rotatable bonds is 6. The summed E-state index contributed by atoms with van der Waals surface area (Å²) in [6.07, 6.45) is 7.34. The lowest BCUT2D eigenvalue weighted by molar-refractivity contribution is -0.128. The van der Waals surface area contributed by atoms with E-state index in [0.717, 1.165) is 32.1 Å². The molecule has 0 aromatic carbocycles. The first-order valence-corrected chi connectivity index (χ1v) is 11.7. The van der Waals surface area contributed by atoms with Gasteiger partial charge in [-0.2, -0.15) is 5.10 Å². The van der Waals surface area contributed by atoms with E-state index in [0.29, 0.717) is 12.8 Å². The molecule has 0 aliphatic heterocycles. The molecule has 1 amide bonds. The lowest BCUT2D eigenvalue weighted by Gasteiger charge is -2.36. The van der Waals surface area contributed by atoms with Gasteiger partial charge in [-0.25, -0.2) is 8.42 Å². The van der Waals surface area contributed by atoms with Gasteiger partial charge in [0.15, 0.2) is 5.69 Å². The van der Waals surface area contributed by atoms with Gasteiger partial charge in [0, 0.05) is 18.7 Å². The zero-order valence-electron chi connectivity index (χ0n) is 16.4. The molecule has 4 rings (SSSR count). The molecule has 1 heterocycles. The quantitative estimate of drug-likeness (QED) is 0.666. The predicted molar refractivity (Wildman–Crippen MR) is 104 cm³/mol. The van der Waals surface area contributed by atoms with E-state index in [1.54, 1.807) is 0 Å². The number of hydrogen-bond donors (Lipinski definition) is 3. The highest BCUT2D eigenvalue weighted by Crippen LogP contribution is 2.64. The largest absolute Gasteiger partial charge is 0.348 e. The van der Waals surface area contributed by atoms with Gasteiger partial charge in [0.1, 0.15) is 5.78 Å². The molecule has 28 heavy (non-hydrogen) atoms. The van der Waals surface area contributed by atoms with Crippen LogP contribution in [0.5, 0.6) is 0 Å². The summed E-state index contributed by atoms with van der Waals surface area (Å²) in [4.78, 5) is 25.2. The van der Waals surface area contributed by atoms with Crippen LogP contribution < -0.4 is 10.0 Å². The molecule has 2 atom stereocenters. The van der Waals surface area contributed by atoms with Crippen molar-refractivity contribution in [3.8, 4) is 0 Å². The molecule has 3 aliphatic carbocycles. The molecule has 1 aromatic heterocycles. The second-order valence-corrected chi connectivity index (χ2v) is 10.9. The van der Waals surface area contributed by atoms with Gasteiger partial charge in [-0.05, 0) is 37.0 Å². The third-order valence-corrected chi connectivity index (χ3v) is 8.79. The summed E-state index contributed by atoms with van der Waals surface area (Å²) in [7, 11) is -3.83. The van der Waals surface area contributed by atoms with Gasteiger partial charge in [-0.15, -0.1) is 0 Å². The normalized spacial score (nSPS) is 29.4. The molecule has 9 heteroatoms. The van der Waals surface area contributed by atoms with E-state index >= 15 is 0 Å². The lowest BCUT2D eigenvalue weighted by Crippen LogP contribution is -2.43. The number of carbonyl (C=O) groups excluding carboxylic acids is 2. The second kappa shape index (κ2) is 6.57. The zero-order chi connectivity index (χ0) is 20.2. The summed E-state index contributed by atoms with van der Waals surface area (Å²) < 4.78 is 28.4. The smallest absolute Gasteiger partial charge is 0.274 e. The molecule has 0 radical (unpaired) electrons. The molecule has 0 saturated heterocycles. The first kappa shape index (κ1) is 19.4. The first-order chi connectivity index (χ1) is 13.1. The molecule has 8 nitrogen and oxygen atoms in total. The van der Waals surface area contributed by atoms with Gasteiger partial charge in [0.05, 0.1) is 16.9 Å². The molecule has 3 saturated carbocycles. The van der Waals surface area contributed by atoms with Crippen molar-refractivity contribution in [2.45, 2.75) is 64.8 Å². The fourth-order valence-electron chi connectivity index (χ4n) is 5.50. The van der Waals surface area contributed by atoms with Crippen molar-refractivity contribution in [3.63, 3.8) is 0 Å². The van der Waals surface area contributed by atoms with Crippen molar-refractivity contribution in [1.29, 1.82) is 0 Å². The average Bonchev–Trinajstić information content (AvgIpc) is 3.34. The van der Waals surface area contributed by atoms with Crippen LogP contribution in [-0.4, -0.2) is 42.1 Å². The first-order valence-electron chi connectivity index (χ1n) is 10.0. The highest BCUT2D eigenvalue weighted by Gasteiger charge is 2.65. The third-order valence-electron chi connectivity index (χ3n) is 7.39. The number of fused-ring (bicyclic) bond motifs is 2. The third kappa shape index (κ3) is 3.03. The summed E-state index contributed by atoms with van der Waals surface area (Å²) in [5.41, 5.74) is -1.02. The molecule has 3 aliphatic rings. The van der Waals surface area contributed by atoms with Crippen molar-refractivity contribution in [1.82, 2.24) is 15.5 Å². The van der Waals surface area contributed by atoms with E-state index in [1.165, 1.54) is 6.20 Å². The van der Waals surface area contributed by atoms with Gasteiger partial charge in [-0.1, -0.05) is 26.7 Å². The number of carbonyl (C=O) groups is 2. The zero-order valence-corrected chi connectivity index (χ0v) is 17.2. The van der Waals surface area contributed by atoms with Gasteiger partial charge >= 0.3 is 0 Å². The molecular formula is C19H28N4O4S. The number of Topliss-reactive ketones (excluding diaryl/α,β-unsaturated/α-hetero) is 1. The van der Waals surface area contributed by atoms with Crippen LogP contribution in [0.25, 0.3) is 0 Å². The Bertz CT molecular complexity index is 901. The van der Waals surface area contributed by atoms with Gasteiger partial charge in [0.2, 0.25) is 10.0 Å². The fourth-order valence-corrected chi connectivity index (χ4v) is 7.39. The highest BCUT2D eigenvalue weighted by molar-refractivity contribution is 7.92. The summed E-state index contributed by atoms with van der Waals surface area (Å²) in [6, 6.07) is 0.111. The number of aromatic amines is 1. The molecule has 1 aromatic rings. The van der Waals surface area contributed by atoms with E-state index < -0.39 is 15.4 Å². The van der Waals surface area contributed by atoms with E-state index in [4.69, 9.17) is 0 Å². The summed E-state index contributed by atoms with van der Waals surface area (Å²) >= 11 is 0. The summed E-state index contributed by atoms with van der Waals surface area (Å²) in [5, 5.41) is 9.42. The van der Waals surface area contributed by atoms with Crippen LogP contribution >= 0.6 is 0 Å². The second-order valence-electron chi connectivity index (χ2n) is 9.13. The molecule has 154 valence electrons. The van der Waals surface area contributed by atoms with Gasteiger partial charge in [-0.3, -0.25) is 19.4 Å². The standard InChI is InChI=1S/C19H28N4O4S/c1-18(2)12-7-8-19(18,15(24)9-12)11-28(26,27)23-14-10-20-22-16(14)17(25)21-13-5-3-4-6-13/h10,12-13,23H,3-9,11H2,1-2H3,(H,20,22)(H,21,25)/t12?,19-/m0/s1. The van der Waals surface area contributed by atoms with Gasteiger partial charge in [0.25, 0.3) is 5.91 Å². The Balaban J connectivity index is 1.51.